The molecule has 2 fully saturated rings. The third-order valence-electron chi connectivity index (χ3n) is 4.00. The lowest BCUT2D eigenvalue weighted by atomic mass is 10.2. The fourth-order valence-electron chi connectivity index (χ4n) is 2.33. The Balaban J connectivity index is 1.57. The lowest BCUT2D eigenvalue weighted by molar-refractivity contribution is 0.714. The fourth-order valence-corrected chi connectivity index (χ4v) is 3.53. The number of aliphatic imine (C=N–C) groups is 1. The molecule has 116 valence electrons. The zero-order valence-corrected chi connectivity index (χ0v) is 13.6. The van der Waals surface area contributed by atoms with Crippen LogP contribution in [0.5, 0.6) is 0 Å². The van der Waals surface area contributed by atoms with Gasteiger partial charge in [-0.05, 0) is 38.4 Å². The summed E-state index contributed by atoms with van der Waals surface area (Å²) in [7, 11) is 1.98. The molecule has 0 bridgehead atoms. The summed E-state index contributed by atoms with van der Waals surface area (Å²) in [5, 5.41) is 15.9. The molecule has 0 radical (unpaired) electrons. The first kappa shape index (κ1) is 14.7. The Labute approximate surface area is 130 Å². The van der Waals surface area contributed by atoms with Gasteiger partial charge in [0.15, 0.2) is 11.8 Å². The van der Waals surface area contributed by atoms with Gasteiger partial charge in [-0.1, -0.05) is 0 Å². The van der Waals surface area contributed by atoms with E-state index in [0.29, 0.717) is 12.6 Å². The van der Waals surface area contributed by atoms with Crippen LogP contribution in [0.3, 0.4) is 0 Å². The summed E-state index contributed by atoms with van der Waals surface area (Å²) in [6, 6.07) is 0.605. The third-order valence-corrected chi connectivity index (χ3v) is 5.40. The molecule has 1 aromatic rings. The second kappa shape index (κ2) is 6.68. The molecule has 6 nitrogen and oxygen atoms in total. The minimum Gasteiger partial charge on any atom is -0.355 e. The number of hydrogen-bond donors (Lipinski definition) is 2. The Morgan fingerprint density at radius 1 is 1.38 bits per heavy atom. The SMILES string of the molecule is Cc1nnc(CN=C(NCC2CCCS2)NC2CC2)n1C. The van der Waals surface area contributed by atoms with Crippen molar-refractivity contribution in [2.24, 2.45) is 12.0 Å². The highest BCUT2D eigenvalue weighted by atomic mass is 32.2. The van der Waals surface area contributed by atoms with Crippen LogP contribution in [-0.2, 0) is 13.6 Å². The molecule has 1 unspecified atom stereocenters. The maximum Gasteiger partial charge on any atom is 0.191 e. The predicted molar refractivity (Wildman–Crippen MR) is 86.5 cm³/mol. The average molecular weight is 308 g/mol. The van der Waals surface area contributed by atoms with Crippen molar-refractivity contribution in [1.82, 2.24) is 25.4 Å². The quantitative estimate of drug-likeness (QED) is 0.632. The maximum absolute atomic E-state index is 4.67. The summed E-state index contributed by atoms with van der Waals surface area (Å²) in [5.74, 6) is 4.05. The van der Waals surface area contributed by atoms with E-state index < -0.39 is 0 Å². The minimum atomic E-state index is 0.567. The molecule has 1 aromatic heterocycles. The molecule has 0 amide bonds. The number of aryl methyl sites for hydroxylation is 1. The molecule has 1 aliphatic carbocycles. The summed E-state index contributed by atoms with van der Waals surface area (Å²) in [5.41, 5.74) is 0. The van der Waals surface area contributed by atoms with Crippen LogP contribution in [0.15, 0.2) is 4.99 Å². The van der Waals surface area contributed by atoms with Crippen molar-refractivity contribution in [3.05, 3.63) is 11.6 Å². The van der Waals surface area contributed by atoms with E-state index in [0.717, 1.165) is 29.4 Å². The summed E-state index contributed by atoms with van der Waals surface area (Å²) in [6.45, 7) is 3.53. The number of nitrogens with zero attached hydrogens (tertiary/aromatic N) is 4. The molecule has 1 saturated carbocycles. The van der Waals surface area contributed by atoms with E-state index in [9.17, 15) is 0 Å². The number of thioether (sulfide) groups is 1. The Hall–Kier alpha value is -1.24. The van der Waals surface area contributed by atoms with Crippen molar-refractivity contribution in [2.45, 2.75) is 50.4 Å². The summed E-state index contributed by atoms with van der Waals surface area (Å²) in [4.78, 5) is 4.67. The van der Waals surface area contributed by atoms with Gasteiger partial charge in [-0.3, -0.25) is 0 Å². The zero-order chi connectivity index (χ0) is 14.7. The van der Waals surface area contributed by atoms with E-state index in [4.69, 9.17) is 0 Å². The van der Waals surface area contributed by atoms with Crippen LogP contribution in [0.1, 0.15) is 37.3 Å². The van der Waals surface area contributed by atoms with Crippen molar-refractivity contribution < 1.29 is 0 Å². The maximum atomic E-state index is 4.67. The van der Waals surface area contributed by atoms with Crippen molar-refractivity contribution in [3.8, 4) is 0 Å². The number of nitrogens with one attached hydrogen (secondary N) is 2. The van der Waals surface area contributed by atoms with Crippen LogP contribution in [0.4, 0.5) is 0 Å². The lowest BCUT2D eigenvalue weighted by Crippen LogP contribution is -2.41. The van der Waals surface area contributed by atoms with Gasteiger partial charge >= 0.3 is 0 Å². The van der Waals surface area contributed by atoms with E-state index >= 15 is 0 Å². The van der Waals surface area contributed by atoms with E-state index in [1.807, 2.05) is 18.5 Å². The van der Waals surface area contributed by atoms with E-state index in [1.165, 1.54) is 31.4 Å². The van der Waals surface area contributed by atoms with E-state index in [-0.39, 0.29) is 0 Å². The monoisotopic (exact) mass is 308 g/mol. The van der Waals surface area contributed by atoms with Gasteiger partial charge in [-0.2, -0.15) is 11.8 Å². The van der Waals surface area contributed by atoms with Gasteiger partial charge in [0.1, 0.15) is 12.4 Å². The van der Waals surface area contributed by atoms with Gasteiger partial charge < -0.3 is 15.2 Å². The zero-order valence-electron chi connectivity index (χ0n) is 12.8. The topological polar surface area (TPSA) is 67.1 Å². The van der Waals surface area contributed by atoms with Crippen LogP contribution < -0.4 is 10.6 Å². The van der Waals surface area contributed by atoms with Crippen LogP contribution >= 0.6 is 11.8 Å². The molecule has 1 atom stereocenters. The largest absolute Gasteiger partial charge is 0.355 e. The van der Waals surface area contributed by atoms with E-state index in [1.54, 1.807) is 0 Å². The summed E-state index contributed by atoms with van der Waals surface area (Å²) >= 11 is 2.07. The van der Waals surface area contributed by atoms with Crippen LogP contribution in [0, 0.1) is 6.92 Å². The Kier molecular flexibility index (Phi) is 4.67. The molecule has 2 heterocycles. The van der Waals surface area contributed by atoms with Gasteiger partial charge in [0.05, 0.1) is 0 Å². The summed E-state index contributed by atoms with van der Waals surface area (Å²) in [6.07, 6.45) is 5.17. The first-order valence-electron chi connectivity index (χ1n) is 7.73. The Bertz CT molecular complexity index is 502. The number of rotatable bonds is 5. The van der Waals surface area contributed by atoms with E-state index in [2.05, 4.69) is 37.6 Å². The molecule has 1 saturated heterocycles. The van der Waals surface area contributed by atoms with Gasteiger partial charge in [0.2, 0.25) is 0 Å². The molecular weight excluding hydrogens is 284 g/mol. The molecule has 7 heteroatoms. The fraction of sp³-hybridized carbons (Fsp3) is 0.786. The molecule has 2 aliphatic rings. The predicted octanol–water partition coefficient (Wildman–Crippen LogP) is 1.22. The van der Waals surface area contributed by atoms with Gasteiger partial charge in [0, 0.05) is 24.9 Å². The summed E-state index contributed by atoms with van der Waals surface area (Å²) < 4.78 is 1.99. The molecule has 21 heavy (non-hydrogen) atoms. The van der Waals surface area contributed by atoms with Gasteiger partial charge in [-0.25, -0.2) is 4.99 Å². The van der Waals surface area contributed by atoms with Gasteiger partial charge in [-0.15, -0.1) is 10.2 Å². The Morgan fingerprint density at radius 2 is 2.24 bits per heavy atom. The second-order valence-corrected chi connectivity index (χ2v) is 7.23. The highest BCUT2D eigenvalue weighted by molar-refractivity contribution is 8.00. The molecule has 2 N–H and O–H groups in total. The number of guanidine groups is 1. The lowest BCUT2D eigenvalue weighted by Gasteiger charge is -2.15. The van der Waals surface area contributed by atoms with Crippen molar-refractivity contribution in [2.75, 3.05) is 12.3 Å². The minimum absolute atomic E-state index is 0.567. The van der Waals surface area contributed by atoms with Crippen molar-refractivity contribution in [1.29, 1.82) is 0 Å². The molecule has 1 aliphatic heterocycles. The van der Waals surface area contributed by atoms with Crippen LogP contribution in [-0.4, -0.2) is 44.3 Å². The van der Waals surface area contributed by atoms with Crippen molar-refractivity contribution in [3.63, 3.8) is 0 Å². The standard InChI is InChI=1S/C14H24N6S/c1-10-18-19-13(20(10)2)9-16-14(17-11-5-6-11)15-8-12-4-3-7-21-12/h11-12H,3-9H2,1-2H3,(H2,15,16,17). The molecule has 0 aromatic carbocycles. The first-order chi connectivity index (χ1) is 10.2. The van der Waals surface area contributed by atoms with Crippen molar-refractivity contribution >= 4 is 17.7 Å². The first-order valence-corrected chi connectivity index (χ1v) is 8.78. The third kappa shape index (κ3) is 4.12. The smallest absolute Gasteiger partial charge is 0.191 e. The molecule has 3 rings (SSSR count). The highest BCUT2D eigenvalue weighted by Gasteiger charge is 2.23. The highest BCUT2D eigenvalue weighted by Crippen LogP contribution is 2.25. The average Bonchev–Trinajstić information content (AvgIpc) is 3.03. The van der Waals surface area contributed by atoms with Crippen LogP contribution in [0.2, 0.25) is 0 Å². The second-order valence-electron chi connectivity index (χ2n) is 5.82. The number of aromatic nitrogens is 3. The van der Waals surface area contributed by atoms with Gasteiger partial charge in [0.25, 0.3) is 0 Å². The molecule has 0 spiro atoms. The normalized spacial score (nSPS) is 22.6. The molecular formula is C14H24N6S. The number of hydrogen-bond acceptors (Lipinski definition) is 4. The van der Waals surface area contributed by atoms with Crippen LogP contribution in [0.25, 0.3) is 0 Å². The Morgan fingerprint density at radius 3 is 2.86 bits per heavy atom.